The molecule has 9 nitrogen and oxygen atoms in total. The van der Waals surface area contributed by atoms with Gasteiger partial charge in [-0.3, -0.25) is 19.5 Å². The molecule has 4 aromatic rings. The lowest BCUT2D eigenvalue weighted by Gasteiger charge is -2.22. The monoisotopic (exact) mass is 528 g/mol. The van der Waals surface area contributed by atoms with Gasteiger partial charge in [0.25, 0.3) is 5.91 Å². The van der Waals surface area contributed by atoms with Crippen LogP contribution in [0.15, 0.2) is 79.0 Å². The fourth-order valence-electron chi connectivity index (χ4n) is 3.98. The van der Waals surface area contributed by atoms with E-state index in [1.165, 1.54) is 4.90 Å². The molecule has 9 heteroatoms. The highest BCUT2D eigenvalue weighted by atomic mass is 16.5. The van der Waals surface area contributed by atoms with Crippen molar-refractivity contribution in [3.05, 3.63) is 90.1 Å². The van der Waals surface area contributed by atoms with Crippen LogP contribution in [-0.4, -0.2) is 67.3 Å². The summed E-state index contributed by atoms with van der Waals surface area (Å²) in [7, 11) is 4.77. The maximum absolute atomic E-state index is 13.3. The fraction of sp³-hybridized carbons (Fsp3) is 0.233. The Bertz CT molecular complexity index is 1400. The van der Waals surface area contributed by atoms with Gasteiger partial charge in [-0.2, -0.15) is 0 Å². The van der Waals surface area contributed by atoms with Crippen molar-refractivity contribution in [2.24, 2.45) is 0 Å². The number of carbonyl (C=O) groups is 2. The molecular formula is C30H32N4O5. The van der Waals surface area contributed by atoms with Gasteiger partial charge in [0.2, 0.25) is 11.9 Å². The second kappa shape index (κ2) is 12.7. The van der Waals surface area contributed by atoms with Gasteiger partial charge in [-0.25, -0.2) is 4.98 Å². The Morgan fingerprint density at radius 3 is 2.08 bits per heavy atom. The number of carbonyl (C=O) groups excluding carboxylic acids is 2. The summed E-state index contributed by atoms with van der Waals surface area (Å²) in [4.78, 5) is 32.6. The molecular weight excluding hydrogens is 496 g/mol. The summed E-state index contributed by atoms with van der Waals surface area (Å²) in [6, 6.07) is 22.2. The maximum atomic E-state index is 13.3. The largest absolute Gasteiger partial charge is 0.497 e. The average molecular weight is 529 g/mol. The lowest BCUT2D eigenvalue weighted by Crippen LogP contribution is -2.40. The maximum Gasteiger partial charge on any atom is 0.254 e. The quantitative estimate of drug-likeness (QED) is 0.306. The van der Waals surface area contributed by atoms with Gasteiger partial charge in [-0.1, -0.05) is 17.7 Å². The van der Waals surface area contributed by atoms with Crippen molar-refractivity contribution >= 4 is 17.8 Å². The molecule has 0 aliphatic rings. The van der Waals surface area contributed by atoms with Crippen LogP contribution in [0, 0.1) is 6.92 Å². The van der Waals surface area contributed by atoms with E-state index in [1.54, 1.807) is 38.0 Å². The number of aryl methyl sites for hydroxylation is 1. The number of nitrogens with zero attached hydrogens (tertiary/aromatic N) is 3. The number of anilines is 1. The number of rotatable bonds is 11. The summed E-state index contributed by atoms with van der Waals surface area (Å²) < 4.78 is 17.5. The molecule has 0 atom stereocenters. The Morgan fingerprint density at radius 2 is 1.49 bits per heavy atom. The Kier molecular flexibility index (Phi) is 8.96. The van der Waals surface area contributed by atoms with E-state index >= 15 is 0 Å². The Hall–Kier alpha value is -4.63. The fourth-order valence-corrected chi connectivity index (χ4v) is 3.98. The van der Waals surface area contributed by atoms with Crippen LogP contribution in [0.4, 0.5) is 5.95 Å². The highest BCUT2D eigenvalue weighted by Gasteiger charge is 2.21. The Morgan fingerprint density at radius 1 is 0.872 bits per heavy atom. The second-order valence-electron chi connectivity index (χ2n) is 8.88. The van der Waals surface area contributed by atoms with Gasteiger partial charge in [0.05, 0.1) is 26.5 Å². The molecule has 0 aliphatic carbocycles. The zero-order valence-corrected chi connectivity index (χ0v) is 22.5. The van der Waals surface area contributed by atoms with E-state index < -0.39 is 0 Å². The van der Waals surface area contributed by atoms with Crippen LogP contribution < -0.4 is 14.8 Å². The van der Waals surface area contributed by atoms with Gasteiger partial charge in [0.15, 0.2) is 0 Å². The molecule has 2 amide bonds. The number of amides is 2. The summed E-state index contributed by atoms with van der Waals surface area (Å²) in [6.07, 6.45) is 1.85. The van der Waals surface area contributed by atoms with Crippen molar-refractivity contribution in [1.29, 1.82) is 0 Å². The first-order valence-corrected chi connectivity index (χ1v) is 12.4. The molecule has 0 bridgehead atoms. The van der Waals surface area contributed by atoms with Crippen LogP contribution in [0.5, 0.6) is 11.5 Å². The zero-order valence-electron chi connectivity index (χ0n) is 22.5. The number of benzene rings is 3. The smallest absolute Gasteiger partial charge is 0.254 e. The van der Waals surface area contributed by atoms with E-state index in [2.05, 4.69) is 5.32 Å². The van der Waals surface area contributed by atoms with Crippen molar-refractivity contribution in [1.82, 2.24) is 14.5 Å². The van der Waals surface area contributed by atoms with Gasteiger partial charge in [0.1, 0.15) is 18.0 Å². The second-order valence-corrected chi connectivity index (χ2v) is 8.88. The lowest BCUT2D eigenvalue weighted by molar-refractivity contribution is -0.117. The van der Waals surface area contributed by atoms with E-state index in [4.69, 9.17) is 19.2 Å². The standard InChI is InChI=1S/C30H32N4O5/c1-21-5-7-23(8-6-21)29(36)33(17-18-37-2)20-28(35)32-30-31-27(22-9-13-25(38-3)14-10-22)19-34(30)24-11-15-26(39-4)16-12-24/h5-16,19H,17-18,20H2,1-4H3,(H,31,32,35). The van der Waals surface area contributed by atoms with Crippen LogP contribution in [0.25, 0.3) is 16.9 Å². The number of ether oxygens (including phenoxy) is 3. The zero-order chi connectivity index (χ0) is 27.8. The number of hydrogen-bond acceptors (Lipinski definition) is 6. The molecule has 202 valence electrons. The number of hydrogen-bond donors (Lipinski definition) is 1. The summed E-state index contributed by atoms with van der Waals surface area (Å²) >= 11 is 0. The normalized spacial score (nSPS) is 10.7. The van der Waals surface area contributed by atoms with Crippen LogP contribution >= 0.6 is 0 Å². The summed E-state index contributed by atoms with van der Waals surface area (Å²) in [5.74, 6) is 1.14. The summed E-state index contributed by atoms with van der Waals surface area (Å²) in [5, 5.41) is 2.89. The minimum atomic E-state index is -0.381. The van der Waals surface area contributed by atoms with E-state index in [9.17, 15) is 9.59 Å². The first kappa shape index (κ1) is 27.4. The van der Waals surface area contributed by atoms with Crippen molar-refractivity contribution in [3.8, 4) is 28.4 Å². The molecule has 4 rings (SSSR count). The van der Waals surface area contributed by atoms with Crippen LogP contribution in [0.1, 0.15) is 15.9 Å². The molecule has 0 saturated heterocycles. The van der Waals surface area contributed by atoms with Crippen LogP contribution in [-0.2, 0) is 9.53 Å². The number of nitrogens with one attached hydrogen (secondary N) is 1. The number of methoxy groups -OCH3 is 3. The predicted molar refractivity (Wildman–Crippen MR) is 150 cm³/mol. The van der Waals surface area contributed by atoms with Gasteiger partial charge >= 0.3 is 0 Å². The molecule has 1 N–H and O–H groups in total. The third kappa shape index (κ3) is 6.82. The third-order valence-corrected chi connectivity index (χ3v) is 6.18. The molecule has 0 saturated carbocycles. The lowest BCUT2D eigenvalue weighted by atomic mass is 10.1. The number of imidazole rings is 1. The Labute approximate surface area is 227 Å². The highest BCUT2D eigenvalue weighted by Crippen LogP contribution is 2.27. The molecule has 1 heterocycles. The summed E-state index contributed by atoms with van der Waals surface area (Å²) in [6.45, 7) is 2.35. The molecule has 0 unspecified atom stereocenters. The third-order valence-electron chi connectivity index (χ3n) is 6.18. The van der Waals surface area contributed by atoms with Crippen LogP contribution in [0.2, 0.25) is 0 Å². The van der Waals surface area contributed by atoms with Gasteiger partial charge in [-0.05, 0) is 67.6 Å². The van der Waals surface area contributed by atoms with Gasteiger partial charge in [-0.15, -0.1) is 0 Å². The first-order chi connectivity index (χ1) is 18.9. The van der Waals surface area contributed by atoms with Crippen molar-refractivity contribution in [2.45, 2.75) is 6.92 Å². The first-order valence-electron chi connectivity index (χ1n) is 12.4. The SMILES string of the molecule is COCCN(CC(=O)Nc1nc(-c2ccc(OC)cc2)cn1-c1ccc(OC)cc1)C(=O)c1ccc(C)cc1. The Balaban J connectivity index is 1.61. The predicted octanol–water partition coefficient (Wildman–Crippen LogP) is 4.59. The van der Waals surface area contributed by atoms with Gasteiger partial charge in [0, 0.05) is 36.7 Å². The number of aromatic nitrogens is 2. The molecule has 0 radical (unpaired) electrons. The summed E-state index contributed by atoms with van der Waals surface area (Å²) in [5.41, 5.74) is 3.85. The topological polar surface area (TPSA) is 94.9 Å². The van der Waals surface area contributed by atoms with E-state index in [-0.39, 0.29) is 24.9 Å². The van der Waals surface area contributed by atoms with Crippen molar-refractivity contribution < 1.29 is 23.8 Å². The molecule has 0 aliphatic heterocycles. The minimum Gasteiger partial charge on any atom is -0.497 e. The molecule has 0 spiro atoms. The van der Waals surface area contributed by atoms with Crippen molar-refractivity contribution in [3.63, 3.8) is 0 Å². The van der Waals surface area contributed by atoms with Crippen LogP contribution in [0.3, 0.4) is 0 Å². The molecule has 3 aromatic carbocycles. The van der Waals surface area contributed by atoms with Crippen molar-refractivity contribution in [2.75, 3.05) is 46.3 Å². The minimum absolute atomic E-state index is 0.163. The van der Waals surface area contributed by atoms with E-state index in [0.717, 1.165) is 22.6 Å². The average Bonchev–Trinajstić information content (AvgIpc) is 3.38. The molecule has 0 fully saturated rings. The van der Waals surface area contributed by atoms with E-state index in [0.29, 0.717) is 29.6 Å². The molecule has 1 aromatic heterocycles. The highest BCUT2D eigenvalue weighted by molar-refractivity contribution is 5.99. The molecule has 39 heavy (non-hydrogen) atoms. The van der Waals surface area contributed by atoms with Gasteiger partial charge < -0.3 is 19.1 Å². The van der Waals surface area contributed by atoms with E-state index in [1.807, 2.05) is 73.8 Å².